The maximum Gasteiger partial charge on any atom is 0.229 e. The third-order valence-corrected chi connectivity index (χ3v) is 4.28. The van der Waals surface area contributed by atoms with Gasteiger partial charge in [0, 0.05) is 17.7 Å². The smallest absolute Gasteiger partial charge is 0.229 e. The molecule has 0 N–H and O–H groups in total. The Kier molecular flexibility index (Phi) is 2.52. The van der Waals surface area contributed by atoms with Crippen molar-refractivity contribution in [1.82, 2.24) is 9.55 Å². The van der Waals surface area contributed by atoms with Crippen molar-refractivity contribution in [2.45, 2.75) is 27.4 Å². The van der Waals surface area contributed by atoms with Crippen LogP contribution in [0.5, 0.6) is 0 Å². The molecule has 1 aromatic carbocycles. The Balaban J connectivity index is 2.14. The molecule has 0 atom stereocenters. The van der Waals surface area contributed by atoms with Gasteiger partial charge in [-0.25, -0.2) is 4.98 Å². The fraction of sp³-hybridized carbons (Fsp3) is 0.222. The average molecular weight is 276 g/mol. The van der Waals surface area contributed by atoms with Crippen LogP contribution in [0.3, 0.4) is 0 Å². The van der Waals surface area contributed by atoms with Gasteiger partial charge in [0.1, 0.15) is 5.82 Å². The maximum atomic E-state index is 4.67. The van der Waals surface area contributed by atoms with Crippen molar-refractivity contribution in [1.29, 1.82) is 0 Å². The topological polar surface area (TPSA) is 21.7 Å². The van der Waals surface area contributed by atoms with Gasteiger partial charge in [-0.05, 0) is 32.4 Å². The van der Waals surface area contributed by atoms with E-state index in [1.807, 2.05) is 0 Å². The van der Waals surface area contributed by atoms with Crippen LogP contribution < -0.4 is 4.57 Å². The zero-order valence-corrected chi connectivity index (χ0v) is 12.6. The lowest BCUT2D eigenvalue weighted by Gasteiger charge is -2.05. The number of aryl methyl sites for hydroxylation is 3. The van der Waals surface area contributed by atoms with Crippen LogP contribution in [-0.4, -0.2) is 9.55 Å². The van der Waals surface area contributed by atoms with Crippen molar-refractivity contribution in [3.05, 3.63) is 59.7 Å². The summed E-state index contributed by atoms with van der Waals surface area (Å²) in [7, 11) is 0. The fourth-order valence-corrected chi connectivity index (χ4v) is 3.28. The molecule has 0 bridgehead atoms. The number of hydrogen-bond acceptors (Lipinski definition) is 1. The van der Waals surface area contributed by atoms with Crippen LogP contribution in [0.2, 0.25) is 0 Å². The van der Waals surface area contributed by atoms with Gasteiger partial charge in [-0.1, -0.05) is 18.2 Å². The summed E-state index contributed by atoms with van der Waals surface area (Å²) >= 11 is 0. The molecule has 0 saturated carbocycles. The van der Waals surface area contributed by atoms with Gasteiger partial charge in [-0.15, -0.1) is 0 Å². The minimum absolute atomic E-state index is 0.812. The zero-order valence-electron chi connectivity index (χ0n) is 12.6. The van der Waals surface area contributed by atoms with Crippen LogP contribution >= 0.6 is 0 Å². The van der Waals surface area contributed by atoms with E-state index >= 15 is 0 Å². The van der Waals surface area contributed by atoms with Gasteiger partial charge in [0.25, 0.3) is 0 Å². The van der Waals surface area contributed by atoms with Crippen LogP contribution in [0.15, 0.2) is 42.6 Å². The second kappa shape index (κ2) is 4.29. The molecule has 2 aromatic heterocycles. The van der Waals surface area contributed by atoms with E-state index in [2.05, 4.69) is 77.5 Å². The van der Waals surface area contributed by atoms with E-state index in [0.29, 0.717) is 0 Å². The summed E-state index contributed by atoms with van der Waals surface area (Å²) in [5.41, 5.74) is 7.45. The molecule has 104 valence electrons. The Hall–Kier alpha value is -2.42. The summed E-state index contributed by atoms with van der Waals surface area (Å²) in [6.45, 7) is 7.14. The molecule has 1 aliphatic heterocycles. The second-order valence-corrected chi connectivity index (χ2v) is 5.77. The van der Waals surface area contributed by atoms with E-state index in [0.717, 1.165) is 18.2 Å². The Bertz CT molecular complexity index is 859. The predicted molar refractivity (Wildman–Crippen MR) is 82.9 cm³/mol. The first-order valence-electron chi connectivity index (χ1n) is 7.29. The first kappa shape index (κ1) is 12.3. The van der Waals surface area contributed by atoms with Crippen molar-refractivity contribution in [2.24, 2.45) is 0 Å². The molecule has 3 nitrogen and oxygen atoms in total. The normalized spacial score (nSPS) is 12.3. The lowest BCUT2D eigenvalue weighted by Crippen LogP contribution is -2.39. The highest BCUT2D eigenvalue weighted by Gasteiger charge is 2.27. The Morgan fingerprint density at radius 2 is 1.81 bits per heavy atom. The largest absolute Gasteiger partial charge is 0.271 e. The second-order valence-electron chi connectivity index (χ2n) is 5.77. The van der Waals surface area contributed by atoms with Crippen molar-refractivity contribution in [3.63, 3.8) is 0 Å². The molecule has 1 aliphatic rings. The van der Waals surface area contributed by atoms with Crippen molar-refractivity contribution < 1.29 is 4.57 Å². The molecule has 3 heteroatoms. The lowest BCUT2D eigenvalue weighted by molar-refractivity contribution is -0.690. The van der Waals surface area contributed by atoms with E-state index in [9.17, 15) is 0 Å². The first-order valence-corrected chi connectivity index (χ1v) is 7.29. The standard InChI is InChI=1S/C18H18N3/c1-12-8-9-20-11-21-14(3)19-13(2)18(21)16-7-5-4-6-15(16)17(20)10-12/h4-10H,11H2,1-3H3/q+1. The molecule has 3 aromatic rings. The van der Waals surface area contributed by atoms with Crippen LogP contribution in [0.25, 0.3) is 22.5 Å². The summed E-state index contributed by atoms with van der Waals surface area (Å²) in [5, 5.41) is 0. The van der Waals surface area contributed by atoms with Gasteiger partial charge < -0.3 is 0 Å². The highest BCUT2D eigenvalue weighted by Crippen LogP contribution is 2.35. The number of hydrogen-bond donors (Lipinski definition) is 0. The summed E-state index contributed by atoms with van der Waals surface area (Å²) < 4.78 is 4.61. The number of pyridine rings is 1. The quantitative estimate of drug-likeness (QED) is 0.452. The minimum Gasteiger partial charge on any atom is -0.271 e. The van der Waals surface area contributed by atoms with Crippen LogP contribution in [-0.2, 0) is 6.67 Å². The van der Waals surface area contributed by atoms with Gasteiger partial charge in [0.15, 0.2) is 6.20 Å². The Labute approximate surface area is 124 Å². The van der Waals surface area contributed by atoms with E-state index in [-0.39, 0.29) is 0 Å². The van der Waals surface area contributed by atoms with E-state index in [4.69, 9.17) is 0 Å². The number of aromatic nitrogens is 3. The van der Waals surface area contributed by atoms with Gasteiger partial charge in [0.2, 0.25) is 12.4 Å². The lowest BCUT2D eigenvalue weighted by atomic mass is 10.00. The third kappa shape index (κ3) is 1.74. The molecule has 0 amide bonds. The molecule has 0 unspecified atom stereocenters. The van der Waals surface area contributed by atoms with Crippen molar-refractivity contribution in [3.8, 4) is 22.5 Å². The fourth-order valence-electron chi connectivity index (χ4n) is 3.28. The van der Waals surface area contributed by atoms with Gasteiger partial charge in [-0.2, -0.15) is 4.57 Å². The van der Waals surface area contributed by atoms with Gasteiger partial charge in [0.05, 0.1) is 17.0 Å². The van der Waals surface area contributed by atoms with Gasteiger partial charge in [-0.3, -0.25) is 4.57 Å². The molecule has 0 radical (unpaired) electrons. The Morgan fingerprint density at radius 3 is 2.62 bits per heavy atom. The molecule has 0 aliphatic carbocycles. The monoisotopic (exact) mass is 276 g/mol. The summed E-state index contributed by atoms with van der Waals surface area (Å²) in [4.78, 5) is 4.67. The van der Waals surface area contributed by atoms with Crippen LogP contribution in [0, 0.1) is 20.8 Å². The summed E-state index contributed by atoms with van der Waals surface area (Å²) in [6, 6.07) is 13.1. The summed E-state index contributed by atoms with van der Waals surface area (Å²) in [6.07, 6.45) is 2.17. The Morgan fingerprint density at radius 1 is 1.05 bits per heavy atom. The number of nitrogens with zero attached hydrogens (tertiary/aromatic N) is 3. The average Bonchev–Trinajstić information content (AvgIpc) is 2.67. The third-order valence-electron chi connectivity index (χ3n) is 4.28. The van der Waals surface area contributed by atoms with Crippen molar-refractivity contribution >= 4 is 0 Å². The van der Waals surface area contributed by atoms with E-state index in [1.54, 1.807) is 0 Å². The maximum absolute atomic E-state index is 4.67. The molecule has 0 saturated heterocycles. The van der Waals surface area contributed by atoms with Crippen LogP contribution in [0.4, 0.5) is 0 Å². The number of fused-ring (bicyclic) bond motifs is 5. The minimum atomic E-state index is 0.812. The van der Waals surface area contributed by atoms with E-state index in [1.165, 1.54) is 28.1 Å². The molecule has 4 rings (SSSR count). The van der Waals surface area contributed by atoms with Gasteiger partial charge >= 0.3 is 0 Å². The number of imidazole rings is 1. The molecule has 0 spiro atoms. The molecule has 3 heterocycles. The molecular formula is C18H18N3+. The zero-order chi connectivity index (χ0) is 14.6. The number of rotatable bonds is 0. The highest BCUT2D eigenvalue weighted by molar-refractivity contribution is 5.81. The van der Waals surface area contributed by atoms with Crippen LogP contribution in [0.1, 0.15) is 17.1 Å². The SMILES string of the molecule is Cc1cc[n+]2c(c1)-c1ccccc1-c1c(C)nc(C)n1C2. The summed E-state index contributed by atoms with van der Waals surface area (Å²) in [5.74, 6) is 1.07. The molecule has 0 fully saturated rings. The first-order chi connectivity index (χ1) is 10.1. The predicted octanol–water partition coefficient (Wildman–Crippen LogP) is 3.25. The molecule has 21 heavy (non-hydrogen) atoms. The highest BCUT2D eigenvalue weighted by atomic mass is 15.2. The van der Waals surface area contributed by atoms with Crippen molar-refractivity contribution in [2.75, 3.05) is 0 Å². The van der Waals surface area contributed by atoms with E-state index < -0.39 is 0 Å². The molecular weight excluding hydrogens is 258 g/mol. The number of benzene rings is 1.